The number of benzene rings is 4. The zero-order valence-electron chi connectivity index (χ0n) is 27.0. The molecule has 0 unspecified atom stereocenters. The van der Waals surface area contributed by atoms with Gasteiger partial charge in [-0.05, 0) is 53.9 Å². The predicted octanol–water partition coefficient (Wildman–Crippen LogP) is 6.47. The number of fused-ring (bicyclic) bond motifs is 1. The van der Waals surface area contributed by atoms with Gasteiger partial charge >= 0.3 is 0 Å². The molecule has 46 heavy (non-hydrogen) atoms. The molecule has 4 aromatic rings. The lowest BCUT2D eigenvalue weighted by atomic mass is 10.0. The Bertz CT molecular complexity index is 1610. The summed E-state index contributed by atoms with van der Waals surface area (Å²) in [4.78, 5) is 31.6. The van der Waals surface area contributed by atoms with E-state index in [2.05, 4.69) is 12.2 Å². The molecule has 1 aliphatic heterocycles. The third kappa shape index (κ3) is 8.25. The summed E-state index contributed by atoms with van der Waals surface area (Å²) in [6.45, 7) is 5.41. The molecule has 0 aliphatic carbocycles. The SMILES string of the molecule is CCCCN(C)C(=O)c1cc(C(=O)N2Cc3ccc(OCCNC)cc3C2)c(OCc2ccccc2)cc1OCc1ccccc1. The van der Waals surface area contributed by atoms with Gasteiger partial charge in [0.15, 0.2) is 0 Å². The highest BCUT2D eigenvalue weighted by molar-refractivity contribution is 6.03. The van der Waals surface area contributed by atoms with Crippen molar-refractivity contribution >= 4 is 11.8 Å². The van der Waals surface area contributed by atoms with Crippen LogP contribution in [0.15, 0.2) is 91.0 Å². The molecule has 0 atom stereocenters. The molecule has 0 fully saturated rings. The van der Waals surface area contributed by atoms with E-state index in [0.29, 0.717) is 48.9 Å². The van der Waals surface area contributed by atoms with Crippen molar-refractivity contribution in [2.24, 2.45) is 0 Å². The topological polar surface area (TPSA) is 80.3 Å². The summed E-state index contributed by atoms with van der Waals surface area (Å²) >= 11 is 0. The summed E-state index contributed by atoms with van der Waals surface area (Å²) in [7, 11) is 3.67. The Kier molecular flexibility index (Phi) is 11.3. The largest absolute Gasteiger partial charge is 0.492 e. The van der Waals surface area contributed by atoms with Crippen molar-refractivity contribution in [3.63, 3.8) is 0 Å². The minimum absolute atomic E-state index is 0.201. The first-order chi connectivity index (χ1) is 22.5. The third-order valence-corrected chi connectivity index (χ3v) is 8.02. The first-order valence-electron chi connectivity index (χ1n) is 15.9. The molecule has 0 spiro atoms. The lowest BCUT2D eigenvalue weighted by molar-refractivity contribution is 0.0746. The summed E-state index contributed by atoms with van der Waals surface area (Å²) in [6.07, 6.45) is 1.84. The number of amides is 2. The molecule has 1 N–H and O–H groups in total. The zero-order chi connectivity index (χ0) is 32.3. The minimum Gasteiger partial charge on any atom is -0.492 e. The molecule has 8 heteroatoms. The maximum absolute atomic E-state index is 14.3. The Labute approximate surface area is 271 Å². The predicted molar refractivity (Wildman–Crippen MR) is 179 cm³/mol. The van der Waals surface area contributed by atoms with E-state index in [1.54, 1.807) is 29.0 Å². The van der Waals surface area contributed by atoms with Crippen LogP contribution in [0, 0.1) is 0 Å². The number of nitrogens with one attached hydrogen (secondary N) is 1. The summed E-state index contributed by atoms with van der Waals surface area (Å²) < 4.78 is 18.5. The van der Waals surface area contributed by atoms with E-state index in [-0.39, 0.29) is 25.0 Å². The highest BCUT2D eigenvalue weighted by Crippen LogP contribution is 2.35. The summed E-state index contributed by atoms with van der Waals surface area (Å²) in [6, 6.07) is 28.9. The zero-order valence-corrected chi connectivity index (χ0v) is 27.0. The van der Waals surface area contributed by atoms with Crippen LogP contribution in [-0.4, -0.2) is 55.4 Å². The number of nitrogens with zero attached hydrogens (tertiary/aromatic N) is 2. The second-order valence-electron chi connectivity index (χ2n) is 11.5. The number of rotatable bonds is 15. The molecular weight excluding hydrogens is 578 g/mol. The van der Waals surface area contributed by atoms with Crippen LogP contribution < -0.4 is 19.5 Å². The quantitative estimate of drug-likeness (QED) is 0.153. The second kappa shape index (κ2) is 16.0. The first-order valence-corrected chi connectivity index (χ1v) is 15.9. The molecule has 5 rings (SSSR count). The average molecular weight is 622 g/mol. The van der Waals surface area contributed by atoms with Crippen molar-refractivity contribution in [3.05, 3.63) is 124 Å². The Morgan fingerprint density at radius 3 is 2.04 bits per heavy atom. The smallest absolute Gasteiger partial charge is 0.258 e. The van der Waals surface area contributed by atoms with Gasteiger partial charge in [0.25, 0.3) is 11.8 Å². The summed E-state index contributed by atoms with van der Waals surface area (Å²) in [5.74, 6) is 1.12. The molecule has 0 aromatic heterocycles. The van der Waals surface area contributed by atoms with E-state index >= 15 is 0 Å². The van der Waals surface area contributed by atoms with Crippen molar-refractivity contribution in [2.45, 2.75) is 46.1 Å². The summed E-state index contributed by atoms with van der Waals surface area (Å²) in [5.41, 5.74) is 4.71. The van der Waals surface area contributed by atoms with Crippen LogP contribution in [0.2, 0.25) is 0 Å². The molecule has 0 saturated heterocycles. The number of hydrogen-bond donors (Lipinski definition) is 1. The molecule has 0 bridgehead atoms. The minimum atomic E-state index is -0.211. The van der Waals surface area contributed by atoms with Crippen molar-refractivity contribution < 1.29 is 23.8 Å². The van der Waals surface area contributed by atoms with Gasteiger partial charge in [-0.3, -0.25) is 9.59 Å². The fourth-order valence-electron chi connectivity index (χ4n) is 5.35. The maximum Gasteiger partial charge on any atom is 0.258 e. The third-order valence-electron chi connectivity index (χ3n) is 8.02. The Morgan fingerprint density at radius 2 is 1.41 bits per heavy atom. The maximum atomic E-state index is 14.3. The number of carbonyl (C=O) groups is 2. The number of carbonyl (C=O) groups excluding carboxylic acids is 2. The molecule has 0 saturated carbocycles. The fraction of sp³-hybridized carbons (Fsp3) is 0.316. The number of ether oxygens (including phenoxy) is 3. The van der Waals surface area contributed by atoms with E-state index < -0.39 is 0 Å². The van der Waals surface area contributed by atoms with E-state index in [1.165, 1.54) is 0 Å². The van der Waals surface area contributed by atoms with Gasteiger partial charge in [0.2, 0.25) is 0 Å². The van der Waals surface area contributed by atoms with Gasteiger partial charge in [-0.25, -0.2) is 0 Å². The van der Waals surface area contributed by atoms with E-state index in [9.17, 15) is 9.59 Å². The van der Waals surface area contributed by atoms with Gasteiger partial charge in [0, 0.05) is 39.3 Å². The van der Waals surface area contributed by atoms with Crippen LogP contribution in [0.25, 0.3) is 0 Å². The van der Waals surface area contributed by atoms with Crippen molar-refractivity contribution in [3.8, 4) is 17.2 Å². The standard InChI is InChI=1S/C38H43N3O5/c1-4-5-19-40(3)37(42)33-22-34(38(43)41-24-30-16-17-32(21-31(30)25-41)44-20-18-39-2)36(46-27-29-14-10-7-11-15-29)23-35(33)45-26-28-12-8-6-9-13-28/h6-17,21-23,39H,4-5,18-20,24-27H2,1-3H3. The number of likely N-dealkylation sites (N-methyl/N-ethyl adjacent to an activating group) is 1. The Balaban J connectivity index is 1.48. The van der Waals surface area contributed by atoms with Crippen LogP contribution in [0.5, 0.6) is 17.2 Å². The van der Waals surface area contributed by atoms with E-state index in [4.69, 9.17) is 14.2 Å². The molecule has 0 radical (unpaired) electrons. The molecule has 8 nitrogen and oxygen atoms in total. The fourth-order valence-corrected chi connectivity index (χ4v) is 5.35. The molecular formula is C38H43N3O5. The van der Waals surface area contributed by atoms with E-state index in [0.717, 1.165) is 47.4 Å². The van der Waals surface area contributed by atoms with Crippen LogP contribution in [-0.2, 0) is 26.3 Å². The number of unbranched alkanes of at least 4 members (excludes halogenated alkanes) is 1. The summed E-state index contributed by atoms with van der Waals surface area (Å²) in [5, 5.41) is 3.08. The van der Waals surface area contributed by atoms with Gasteiger partial charge in [-0.1, -0.05) is 80.1 Å². The average Bonchev–Trinajstić information content (AvgIpc) is 3.52. The van der Waals surface area contributed by atoms with Gasteiger partial charge in [-0.2, -0.15) is 0 Å². The normalized spacial score (nSPS) is 12.0. The second-order valence-corrected chi connectivity index (χ2v) is 11.5. The Morgan fingerprint density at radius 1 is 0.783 bits per heavy atom. The van der Waals surface area contributed by atoms with Crippen LogP contribution in [0.4, 0.5) is 0 Å². The van der Waals surface area contributed by atoms with Gasteiger partial charge in [0.05, 0.1) is 11.1 Å². The van der Waals surface area contributed by atoms with Crippen LogP contribution >= 0.6 is 0 Å². The monoisotopic (exact) mass is 621 g/mol. The molecule has 2 amide bonds. The van der Waals surface area contributed by atoms with Gasteiger partial charge < -0.3 is 29.3 Å². The van der Waals surface area contributed by atoms with Crippen molar-refractivity contribution in [1.29, 1.82) is 0 Å². The lowest BCUT2D eigenvalue weighted by Gasteiger charge is -2.23. The lowest BCUT2D eigenvalue weighted by Crippen LogP contribution is -2.30. The van der Waals surface area contributed by atoms with Gasteiger partial charge in [-0.15, -0.1) is 0 Å². The highest BCUT2D eigenvalue weighted by atomic mass is 16.5. The Hall–Kier alpha value is -4.82. The molecule has 1 heterocycles. The van der Waals surface area contributed by atoms with Crippen LogP contribution in [0.1, 0.15) is 62.7 Å². The van der Waals surface area contributed by atoms with Crippen LogP contribution in [0.3, 0.4) is 0 Å². The van der Waals surface area contributed by atoms with Crippen molar-refractivity contribution in [1.82, 2.24) is 15.1 Å². The molecule has 4 aromatic carbocycles. The van der Waals surface area contributed by atoms with E-state index in [1.807, 2.05) is 85.9 Å². The molecule has 1 aliphatic rings. The van der Waals surface area contributed by atoms with Gasteiger partial charge in [0.1, 0.15) is 37.1 Å². The first kappa shape index (κ1) is 32.6. The molecule has 240 valence electrons. The highest BCUT2D eigenvalue weighted by Gasteiger charge is 2.30. The van der Waals surface area contributed by atoms with Crippen molar-refractivity contribution in [2.75, 3.05) is 33.8 Å². The number of hydrogen-bond acceptors (Lipinski definition) is 6.